The highest BCUT2D eigenvalue weighted by Gasteiger charge is 2.10. The van der Waals surface area contributed by atoms with E-state index in [1.807, 2.05) is 13.8 Å². The lowest BCUT2D eigenvalue weighted by Crippen LogP contribution is -2.33. The summed E-state index contributed by atoms with van der Waals surface area (Å²) in [5.74, 6) is 0.131. The lowest BCUT2D eigenvalue weighted by molar-refractivity contribution is 0.0929. The molecule has 0 saturated heterocycles. The zero-order valence-electron chi connectivity index (χ0n) is 8.32. The first-order valence-electron chi connectivity index (χ1n) is 4.53. The molecule has 0 bridgehead atoms. The van der Waals surface area contributed by atoms with Crippen LogP contribution in [0.5, 0.6) is 0 Å². The molecule has 0 aliphatic carbocycles. The molecule has 1 heterocycles. The van der Waals surface area contributed by atoms with E-state index in [1.165, 1.54) is 6.20 Å². The summed E-state index contributed by atoms with van der Waals surface area (Å²) in [6, 6.07) is 1.66. The van der Waals surface area contributed by atoms with Crippen LogP contribution >= 0.6 is 0 Å². The van der Waals surface area contributed by atoms with Gasteiger partial charge in [-0.05, 0) is 19.4 Å². The molecule has 0 fully saturated rings. The van der Waals surface area contributed by atoms with E-state index < -0.39 is 0 Å². The number of carbonyl (C=O) groups is 1. The van der Waals surface area contributed by atoms with Gasteiger partial charge in [-0.3, -0.25) is 4.79 Å². The molecule has 1 atom stereocenters. The Labute approximate surface area is 82.7 Å². The monoisotopic (exact) mass is 194 g/mol. The number of nitrogens with zero attached hydrogens (tertiary/aromatic N) is 2. The highest BCUT2D eigenvalue weighted by Crippen LogP contribution is 1.97. The van der Waals surface area contributed by atoms with Gasteiger partial charge in [0.15, 0.2) is 0 Å². The molecule has 1 aromatic heterocycles. The van der Waals surface area contributed by atoms with E-state index in [0.29, 0.717) is 5.82 Å². The molecule has 5 heteroatoms. The van der Waals surface area contributed by atoms with Gasteiger partial charge in [-0.25, -0.2) is 9.97 Å². The number of hydrogen-bond donors (Lipinski definition) is 2. The number of hydrogen-bond acceptors (Lipinski definition) is 4. The minimum atomic E-state index is -0.286. The third kappa shape index (κ3) is 2.69. The molecule has 0 aliphatic heterocycles. The largest absolute Gasteiger partial charge is 0.384 e. The van der Waals surface area contributed by atoms with Gasteiger partial charge in [0.05, 0.1) is 0 Å². The average molecular weight is 194 g/mol. The molecule has 0 spiro atoms. The molecule has 1 unspecified atom stereocenters. The molecule has 5 nitrogen and oxygen atoms in total. The van der Waals surface area contributed by atoms with E-state index in [9.17, 15) is 4.79 Å². The Kier molecular flexibility index (Phi) is 3.39. The number of amides is 1. The van der Waals surface area contributed by atoms with Crippen molar-refractivity contribution in [2.24, 2.45) is 0 Å². The van der Waals surface area contributed by atoms with E-state index in [1.54, 1.807) is 6.07 Å². The normalized spacial score (nSPS) is 12.1. The van der Waals surface area contributed by atoms with Crippen LogP contribution in [-0.4, -0.2) is 21.9 Å². The van der Waals surface area contributed by atoms with E-state index >= 15 is 0 Å². The van der Waals surface area contributed by atoms with Crippen LogP contribution in [0.2, 0.25) is 0 Å². The van der Waals surface area contributed by atoms with Crippen molar-refractivity contribution in [1.82, 2.24) is 15.3 Å². The second-order valence-corrected chi connectivity index (χ2v) is 3.09. The van der Waals surface area contributed by atoms with E-state index in [4.69, 9.17) is 5.73 Å². The first-order valence-corrected chi connectivity index (χ1v) is 4.53. The summed E-state index contributed by atoms with van der Waals surface area (Å²) in [6.45, 7) is 3.91. The molecule has 1 amide bonds. The number of carbonyl (C=O) groups excluding carboxylic acids is 1. The minimum absolute atomic E-state index is 0.116. The fraction of sp³-hybridized carbons (Fsp3) is 0.444. The SMILES string of the molecule is CCC(C)NC(=O)c1nccc(N)n1. The summed E-state index contributed by atoms with van der Waals surface area (Å²) in [6.07, 6.45) is 2.34. The second kappa shape index (κ2) is 4.55. The summed E-state index contributed by atoms with van der Waals surface area (Å²) < 4.78 is 0. The molecular weight excluding hydrogens is 180 g/mol. The Morgan fingerprint density at radius 1 is 1.71 bits per heavy atom. The first kappa shape index (κ1) is 10.4. The number of aromatic nitrogens is 2. The van der Waals surface area contributed by atoms with Crippen molar-refractivity contribution < 1.29 is 4.79 Å². The molecular formula is C9H14N4O. The summed E-state index contributed by atoms with van der Waals surface area (Å²) in [5, 5.41) is 2.75. The summed E-state index contributed by atoms with van der Waals surface area (Å²) in [5.41, 5.74) is 5.43. The van der Waals surface area contributed by atoms with Gasteiger partial charge in [-0.1, -0.05) is 6.92 Å². The maximum atomic E-state index is 11.5. The third-order valence-corrected chi connectivity index (χ3v) is 1.87. The van der Waals surface area contributed by atoms with Crippen molar-refractivity contribution in [3.05, 3.63) is 18.1 Å². The lowest BCUT2D eigenvalue weighted by Gasteiger charge is -2.09. The fourth-order valence-corrected chi connectivity index (χ4v) is 0.872. The van der Waals surface area contributed by atoms with Crippen LogP contribution in [0.4, 0.5) is 5.82 Å². The van der Waals surface area contributed by atoms with Crippen molar-refractivity contribution in [3.63, 3.8) is 0 Å². The highest BCUT2D eigenvalue weighted by atomic mass is 16.2. The topological polar surface area (TPSA) is 80.9 Å². The molecule has 0 saturated carbocycles. The first-order chi connectivity index (χ1) is 6.63. The van der Waals surface area contributed by atoms with Gasteiger partial charge in [-0.2, -0.15) is 0 Å². The zero-order chi connectivity index (χ0) is 10.6. The predicted molar refractivity (Wildman–Crippen MR) is 53.7 cm³/mol. The Balaban J connectivity index is 2.70. The number of anilines is 1. The number of nitrogens with two attached hydrogens (primary N) is 1. The van der Waals surface area contributed by atoms with Crippen molar-refractivity contribution >= 4 is 11.7 Å². The molecule has 3 N–H and O–H groups in total. The zero-order valence-corrected chi connectivity index (χ0v) is 8.32. The van der Waals surface area contributed by atoms with Crippen LogP contribution in [-0.2, 0) is 0 Å². The Morgan fingerprint density at radius 2 is 2.43 bits per heavy atom. The second-order valence-electron chi connectivity index (χ2n) is 3.09. The maximum absolute atomic E-state index is 11.5. The standard InChI is InChI=1S/C9H14N4O/c1-3-6(2)12-9(14)8-11-5-4-7(10)13-8/h4-6H,3H2,1-2H3,(H,12,14)(H2,10,11,13). The van der Waals surface area contributed by atoms with Crippen LogP contribution in [0.3, 0.4) is 0 Å². The number of nitrogen functional groups attached to an aromatic ring is 1. The average Bonchev–Trinajstić information content (AvgIpc) is 2.17. The third-order valence-electron chi connectivity index (χ3n) is 1.87. The van der Waals surface area contributed by atoms with Crippen LogP contribution in [0.1, 0.15) is 30.9 Å². The summed E-state index contributed by atoms with van der Waals surface area (Å²) >= 11 is 0. The van der Waals surface area contributed by atoms with Gasteiger partial charge in [0.25, 0.3) is 5.91 Å². The Hall–Kier alpha value is -1.65. The van der Waals surface area contributed by atoms with Gasteiger partial charge in [0.1, 0.15) is 5.82 Å². The number of nitrogens with one attached hydrogen (secondary N) is 1. The van der Waals surface area contributed by atoms with Gasteiger partial charge in [0, 0.05) is 12.2 Å². The minimum Gasteiger partial charge on any atom is -0.384 e. The van der Waals surface area contributed by atoms with E-state index in [0.717, 1.165) is 6.42 Å². The fourth-order valence-electron chi connectivity index (χ4n) is 0.872. The molecule has 0 aromatic carbocycles. The van der Waals surface area contributed by atoms with Crippen LogP contribution in [0.15, 0.2) is 12.3 Å². The smallest absolute Gasteiger partial charge is 0.289 e. The molecule has 14 heavy (non-hydrogen) atoms. The van der Waals surface area contributed by atoms with Crippen molar-refractivity contribution in [2.75, 3.05) is 5.73 Å². The van der Waals surface area contributed by atoms with Crippen molar-refractivity contribution in [1.29, 1.82) is 0 Å². The van der Waals surface area contributed by atoms with Crippen LogP contribution in [0.25, 0.3) is 0 Å². The van der Waals surface area contributed by atoms with Crippen molar-refractivity contribution in [3.8, 4) is 0 Å². The maximum Gasteiger partial charge on any atom is 0.289 e. The van der Waals surface area contributed by atoms with Gasteiger partial charge >= 0.3 is 0 Å². The van der Waals surface area contributed by atoms with Gasteiger partial charge in [0.2, 0.25) is 5.82 Å². The lowest BCUT2D eigenvalue weighted by atomic mass is 10.2. The van der Waals surface area contributed by atoms with E-state index in [2.05, 4.69) is 15.3 Å². The van der Waals surface area contributed by atoms with E-state index in [-0.39, 0.29) is 17.8 Å². The Bertz CT molecular complexity index is 326. The van der Waals surface area contributed by atoms with Crippen molar-refractivity contribution in [2.45, 2.75) is 26.3 Å². The highest BCUT2D eigenvalue weighted by molar-refractivity contribution is 5.90. The summed E-state index contributed by atoms with van der Waals surface area (Å²) in [4.78, 5) is 19.1. The molecule has 0 radical (unpaired) electrons. The van der Waals surface area contributed by atoms with Crippen LogP contribution < -0.4 is 11.1 Å². The van der Waals surface area contributed by atoms with Crippen LogP contribution in [0, 0.1) is 0 Å². The molecule has 76 valence electrons. The van der Waals surface area contributed by atoms with Gasteiger partial charge < -0.3 is 11.1 Å². The molecule has 1 rings (SSSR count). The molecule has 1 aromatic rings. The number of rotatable bonds is 3. The predicted octanol–water partition coefficient (Wildman–Crippen LogP) is 0.587. The summed E-state index contributed by atoms with van der Waals surface area (Å²) in [7, 11) is 0. The molecule has 0 aliphatic rings. The quantitative estimate of drug-likeness (QED) is 0.737. The Morgan fingerprint density at radius 3 is 3.00 bits per heavy atom. The van der Waals surface area contributed by atoms with Gasteiger partial charge in [-0.15, -0.1) is 0 Å².